The van der Waals surface area contributed by atoms with E-state index in [1.807, 2.05) is 48.7 Å². The molecule has 0 atom stereocenters. The highest BCUT2D eigenvalue weighted by atomic mass is 32.1. The molecule has 7 nitrogen and oxygen atoms in total. The van der Waals surface area contributed by atoms with Gasteiger partial charge in [-0.3, -0.25) is 9.59 Å². The molecule has 0 saturated heterocycles. The molecule has 0 radical (unpaired) electrons. The van der Waals surface area contributed by atoms with Gasteiger partial charge in [0.2, 0.25) is 11.8 Å². The Kier molecular flexibility index (Phi) is 6.66. The third kappa shape index (κ3) is 6.18. The van der Waals surface area contributed by atoms with Gasteiger partial charge in [0.05, 0.1) is 17.0 Å². The van der Waals surface area contributed by atoms with Crippen LogP contribution in [0.1, 0.15) is 29.9 Å². The zero-order valence-electron chi connectivity index (χ0n) is 17.3. The molecule has 2 aromatic heterocycles. The zero-order chi connectivity index (χ0) is 21.6. The maximum atomic E-state index is 12.3. The molecule has 2 amide bonds. The number of hydrogen-bond donors (Lipinski definition) is 2. The van der Waals surface area contributed by atoms with Gasteiger partial charge in [-0.1, -0.05) is 18.2 Å². The SMILES string of the molecule is Cc1oc(-c2cccs2)nc1CC(=O)NCCc1ccc(OCC(=O)NC2CC2)cc1. The quantitative estimate of drug-likeness (QED) is 0.506. The fourth-order valence-corrected chi connectivity index (χ4v) is 3.71. The molecule has 4 rings (SSSR count). The lowest BCUT2D eigenvalue weighted by Crippen LogP contribution is -2.30. The molecule has 0 unspecified atom stereocenters. The number of benzene rings is 1. The van der Waals surface area contributed by atoms with Crippen LogP contribution in [-0.2, 0) is 22.4 Å². The van der Waals surface area contributed by atoms with Crippen LogP contribution < -0.4 is 15.4 Å². The fourth-order valence-electron chi connectivity index (χ4n) is 3.06. The lowest BCUT2D eigenvalue weighted by molar-refractivity contribution is -0.123. The van der Waals surface area contributed by atoms with Crippen LogP contribution in [0.4, 0.5) is 0 Å². The average Bonchev–Trinajstić information content (AvgIpc) is 3.25. The number of aromatic nitrogens is 1. The van der Waals surface area contributed by atoms with E-state index < -0.39 is 0 Å². The Labute approximate surface area is 184 Å². The van der Waals surface area contributed by atoms with Gasteiger partial charge in [0, 0.05) is 12.6 Å². The van der Waals surface area contributed by atoms with Crippen LogP contribution in [0, 0.1) is 6.92 Å². The van der Waals surface area contributed by atoms with Crippen molar-refractivity contribution in [2.45, 2.75) is 38.6 Å². The maximum Gasteiger partial charge on any atom is 0.258 e. The number of aryl methyl sites for hydroxylation is 1. The number of rotatable bonds is 10. The summed E-state index contributed by atoms with van der Waals surface area (Å²) in [6.45, 7) is 2.38. The van der Waals surface area contributed by atoms with Crippen molar-refractivity contribution >= 4 is 23.2 Å². The minimum atomic E-state index is -0.0873. The van der Waals surface area contributed by atoms with Crippen molar-refractivity contribution in [2.24, 2.45) is 0 Å². The number of hydrogen-bond acceptors (Lipinski definition) is 6. The third-order valence-corrected chi connectivity index (χ3v) is 5.78. The molecule has 1 aliphatic carbocycles. The normalized spacial score (nSPS) is 13.1. The van der Waals surface area contributed by atoms with Gasteiger partial charge < -0.3 is 19.8 Å². The van der Waals surface area contributed by atoms with Gasteiger partial charge in [-0.2, -0.15) is 0 Å². The Morgan fingerprint density at radius 1 is 1.19 bits per heavy atom. The van der Waals surface area contributed by atoms with E-state index in [2.05, 4.69) is 15.6 Å². The summed E-state index contributed by atoms with van der Waals surface area (Å²) in [6, 6.07) is 11.8. The van der Waals surface area contributed by atoms with Crippen molar-refractivity contribution in [3.05, 3.63) is 58.8 Å². The summed E-state index contributed by atoms with van der Waals surface area (Å²) in [5.41, 5.74) is 1.74. The number of carbonyl (C=O) groups excluding carboxylic acids is 2. The molecule has 0 spiro atoms. The summed E-state index contributed by atoms with van der Waals surface area (Å²) in [5.74, 6) is 1.71. The highest BCUT2D eigenvalue weighted by Gasteiger charge is 2.23. The van der Waals surface area contributed by atoms with E-state index >= 15 is 0 Å². The van der Waals surface area contributed by atoms with Gasteiger partial charge in [0.25, 0.3) is 5.91 Å². The molecule has 3 aromatic rings. The zero-order valence-corrected chi connectivity index (χ0v) is 18.2. The second kappa shape index (κ2) is 9.78. The van der Waals surface area contributed by atoms with Crippen LogP contribution in [0.2, 0.25) is 0 Å². The number of amides is 2. The number of oxazole rings is 1. The van der Waals surface area contributed by atoms with E-state index in [1.165, 1.54) is 0 Å². The van der Waals surface area contributed by atoms with Crippen LogP contribution in [0.5, 0.6) is 5.75 Å². The van der Waals surface area contributed by atoms with Crippen molar-refractivity contribution in [1.82, 2.24) is 15.6 Å². The highest BCUT2D eigenvalue weighted by molar-refractivity contribution is 7.13. The van der Waals surface area contributed by atoms with Crippen LogP contribution in [0.3, 0.4) is 0 Å². The van der Waals surface area contributed by atoms with E-state index in [1.54, 1.807) is 11.3 Å². The molecule has 8 heteroatoms. The van der Waals surface area contributed by atoms with E-state index in [-0.39, 0.29) is 24.8 Å². The van der Waals surface area contributed by atoms with Gasteiger partial charge in [-0.15, -0.1) is 11.3 Å². The second-order valence-electron chi connectivity index (χ2n) is 7.55. The Morgan fingerprint density at radius 3 is 2.71 bits per heavy atom. The summed E-state index contributed by atoms with van der Waals surface area (Å²) < 4.78 is 11.2. The minimum Gasteiger partial charge on any atom is -0.484 e. The fraction of sp³-hybridized carbons (Fsp3) is 0.348. The largest absolute Gasteiger partial charge is 0.484 e. The van der Waals surface area contributed by atoms with Gasteiger partial charge in [-0.25, -0.2) is 4.98 Å². The molecule has 162 valence electrons. The van der Waals surface area contributed by atoms with Crippen molar-refractivity contribution in [2.75, 3.05) is 13.2 Å². The van der Waals surface area contributed by atoms with E-state index in [0.29, 0.717) is 42.1 Å². The molecule has 1 aliphatic rings. The van der Waals surface area contributed by atoms with Gasteiger partial charge >= 0.3 is 0 Å². The van der Waals surface area contributed by atoms with Crippen molar-refractivity contribution < 1.29 is 18.7 Å². The van der Waals surface area contributed by atoms with Gasteiger partial charge in [0.15, 0.2) is 6.61 Å². The molecule has 2 heterocycles. The molecule has 0 bridgehead atoms. The number of nitrogens with zero attached hydrogens (tertiary/aromatic N) is 1. The summed E-state index contributed by atoms with van der Waals surface area (Å²) in [7, 11) is 0. The summed E-state index contributed by atoms with van der Waals surface area (Å²) >= 11 is 1.55. The lowest BCUT2D eigenvalue weighted by atomic mass is 10.1. The van der Waals surface area contributed by atoms with Gasteiger partial charge in [-0.05, 0) is 55.3 Å². The maximum absolute atomic E-state index is 12.3. The Balaban J connectivity index is 1.18. The average molecular weight is 440 g/mol. The first kappa shape index (κ1) is 21.1. The second-order valence-corrected chi connectivity index (χ2v) is 8.50. The van der Waals surface area contributed by atoms with Crippen molar-refractivity contribution in [1.29, 1.82) is 0 Å². The number of carbonyl (C=O) groups is 2. The summed E-state index contributed by atoms with van der Waals surface area (Å²) in [5, 5.41) is 7.78. The summed E-state index contributed by atoms with van der Waals surface area (Å²) in [4.78, 5) is 29.4. The first-order valence-corrected chi connectivity index (χ1v) is 11.2. The molecule has 1 aromatic carbocycles. The van der Waals surface area contributed by atoms with Gasteiger partial charge in [0.1, 0.15) is 11.5 Å². The first-order chi connectivity index (χ1) is 15.1. The molecule has 1 saturated carbocycles. The standard InChI is InChI=1S/C23H25N3O4S/c1-15-19(26-23(30-15)20-3-2-12-31-20)13-21(27)24-11-10-16-4-8-18(9-5-16)29-14-22(28)25-17-6-7-17/h2-5,8-9,12,17H,6-7,10-11,13-14H2,1H3,(H,24,27)(H,25,28). The monoisotopic (exact) mass is 439 g/mol. The molecule has 1 fully saturated rings. The minimum absolute atomic E-state index is 0.0293. The molecule has 31 heavy (non-hydrogen) atoms. The van der Waals surface area contributed by atoms with Crippen LogP contribution in [0.25, 0.3) is 10.8 Å². The van der Waals surface area contributed by atoms with Crippen molar-refractivity contribution in [3.8, 4) is 16.5 Å². The number of thiophene rings is 1. The predicted octanol–water partition coefficient (Wildman–Crippen LogP) is 3.27. The molecular weight excluding hydrogens is 414 g/mol. The van der Waals surface area contributed by atoms with Crippen LogP contribution in [0.15, 0.2) is 46.2 Å². The van der Waals surface area contributed by atoms with Crippen LogP contribution >= 0.6 is 11.3 Å². The third-order valence-electron chi connectivity index (χ3n) is 4.92. The highest BCUT2D eigenvalue weighted by Crippen LogP contribution is 2.26. The number of ether oxygens (including phenoxy) is 1. The molecule has 0 aliphatic heterocycles. The van der Waals surface area contributed by atoms with Crippen molar-refractivity contribution in [3.63, 3.8) is 0 Å². The van der Waals surface area contributed by atoms with E-state index in [4.69, 9.17) is 9.15 Å². The van der Waals surface area contributed by atoms with E-state index in [0.717, 1.165) is 23.3 Å². The smallest absolute Gasteiger partial charge is 0.258 e. The topological polar surface area (TPSA) is 93.5 Å². The molecular formula is C23H25N3O4S. The van der Waals surface area contributed by atoms with E-state index in [9.17, 15) is 9.59 Å². The van der Waals surface area contributed by atoms with Crippen LogP contribution in [-0.4, -0.2) is 36.0 Å². The Morgan fingerprint density at radius 2 is 2.00 bits per heavy atom. The Hall–Kier alpha value is -3.13. The Bertz CT molecular complexity index is 1020. The predicted molar refractivity (Wildman–Crippen MR) is 118 cm³/mol. The molecule has 2 N–H and O–H groups in total. The summed E-state index contributed by atoms with van der Waals surface area (Å²) in [6.07, 6.45) is 3.01. The number of nitrogens with one attached hydrogen (secondary N) is 2. The lowest BCUT2D eigenvalue weighted by Gasteiger charge is -2.08. The first-order valence-electron chi connectivity index (χ1n) is 10.3.